The average molecular weight is 424 g/mol. The Morgan fingerprint density at radius 3 is 1.93 bits per heavy atom. The molecular weight excluding hydrogens is 391 g/mol. The van der Waals surface area contributed by atoms with Gasteiger partial charge >= 0.3 is 12.0 Å². The molecule has 1 aromatic rings. The minimum absolute atomic E-state index is 0.433. The second-order valence-corrected chi connectivity index (χ2v) is 10.8. The molecule has 0 atom stereocenters. The molecule has 0 saturated heterocycles. The molecule has 0 aliphatic heterocycles. The molecule has 162 valence electrons. The molecule has 0 bridgehead atoms. The maximum absolute atomic E-state index is 12.9. The van der Waals surface area contributed by atoms with Crippen LogP contribution in [0, 0.1) is 0 Å². The van der Waals surface area contributed by atoms with Crippen molar-refractivity contribution in [1.82, 2.24) is 19.4 Å². The number of amides is 2. The monoisotopic (exact) mass is 424 g/mol. The molecule has 0 heterocycles. The van der Waals surface area contributed by atoms with Gasteiger partial charge < -0.3 is 10.1 Å². The first-order valence-electron chi connectivity index (χ1n) is 9.20. The Hall–Kier alpha value is -2.19. The first-order chi connectivity index (χ1) is 13.6. The third-order valence-corrected chi connectivity index (χ3v) is 8.67. The van der Waals surface area contributed by atoms with Gasteiger partial charge in [-0.05, 0) is 60.8 Å². The molecule has 2 amide bonds. The van der Waals surface area contributed by atoms with E-state index < -0.39 is 19.3 Å². The zero-order valence-corrected chi connectivity index (χ0v) is 19.4. The smallest absolute Gasteiger partial charge is 0.343 e. The lowest BCUT2D eigenvalue weighted by Crippen LogP contribution is -2.41. The number of hydrazone groups is 1. The molecule has 0 aromatic heterocycles. The van der Waals surface area contributed by atoms with Crippen molar-refractivity contribution >= 4 is 36.0 Å². The molecule has 0 spiro atoms. The van der Waals surface area contributed by atoms with Crippen LogP contribution in [-0.2, 0) is 9.53 Å². The van der Waals surface area contributed by atoms with Gasteiger partial charge in [-0.25, -0.2) is 15.0 Å². The highest BCUT2D eigenvalue weighted by Gasteiger charge is 2.37. The molecule has 10 heteroatoms. The van der Waals surface area contributed by atoms with Gasteiger partial charge in [-0.2, -0.15) is 5.10 Å². The van der Waals surface area contributed by atoms with Crippen molar-refractivity contribution in [2.45, 2.75) is 13.3 Å². The lowest BCUT2D eigenvalue weighted by Gasteiger charge is -2.45. The molecule has 9 nitrogen and oxygen atoms in total. The van der Waals surface area contributed by atoms with E-state index in [0.717, 1.165) is 0 Å². The van der Waals surface area contributed by atoms with Crippen molar-refractivity contribution in [3.63, 3.8) is 0 Å². The average Bonchev–Trinajstić information content (AvgIpc) is 2.66. The van der Waals surface area contributed by atoms with Gasteiger partial charge in [-0.15, -0.1) is 0 Å². The number of esters is 1. The zero-order valence-electron chi connectivity index (χ0n) is 18.6. The number of anilines is 1. The van der Waals surface area contributed by atoms with E-state index in [0.29, 0.717) is 23.1 Å². The van der Waals surface area contributed by atoms with Gasteiger partial charge in [-0.1, -0.05) is 25.1 Å². The first-order valence-corrected chi connectivity index (χ1v) is 10.8. The topological polar surface area (TPSA) is 89.5 Å². The molecule has 1 rings (SSSR count). The van der Waals surface area contributed by atoms with Crippen LogP contribution in [0.15, 0.2) is 35.4 Å². The lowest BCUT2D eigenvalue weighted by molar-refractivity contribution is -0.132. The van der Waals surface area contributed by atoms with E-state index in [1.165, 1.54) is 7.11 Å². The Kier molecular flexibility index (Phi) is 9.52. The minimum atomic E-state index is -2.45. The number of rotatable bonds is 8. The van der Waals surface area contributed by atoms with Gasteiger partial charge in [-0.3, -0.25) is 14.0 Å². The van der Waals surface area contributed by atoms with Crippen molar-refractivity contribution in [3.05, 3.63) is 30.3 Å². The Labute approximate surface area is 173 Å². The van der Waals surface area contributed by atoms with Crippen LogP contribution in [0.4, 0.5) is 10.5 Å². The number of methoxy groups -OCH3 is 1. The Balaban J connectivity index is 3.48. The number of para-hydroxylation sites is 1. The van der Waals surface area contributed by atoms with Crippen molar-refractivity contribution in [3.8, 4) is 0 Å². The van der Waals surface area contributed by atoms with Gasteiger partial charge in [0, 0.05) is 5.69 Å². The third-order valence-electron chi connectivity index (χ3n) is 4.28. The molecule has 29 heavy (non-hydrogen) atoms. The fraction of sp³-hybridized carbons (Fsp3) is 0.474. The van der Waals surface area contributed by atoms with Gasteiger partial charge in [0.1, 0.15) is 5.29 Å². The van der Waals surface area contributed by atoms with Gasteiger partial charge in [0.15, 0.2) is 0 Å². The van der Waals surface area contributed by atoms with E-state index in [4.69, 9.17) is 4.74 Å². The molecule has 0 radical (unpaired) electrons. The van der Waals surface area contributed by atoms with E-state index in [1.807, 2.05) is 81.4 Å². The summed E-state index contributed by atoms with van der Waals surface area (Å²) in [6.45, 7) is 1.88. The van der Waals surface area contributed by atoms with Crippen LogP contribution >= 0.6 is 7.34 Å². The molecule has 0 aliphatic rings. The van der Waals surface area contributed by atoms with Crippen LogP contribution < -0.4 is 10.7 Å². The second-order valence-electron chi connectivity index (χ2n) is 6.79. The van der Waals surface area contributed by atoms with Gasteiger partial charge in [0.25, 0.3) is 0 Å². The standard InChI is InChI=1S/C19H33N6O3P/c1-9-16(21-22-19(27)20-15-13-11-10-12-14-15)17(18(26)28-8)29(23(2)3,24(4)5)25(6)7/h10-14H,9H2,1-8H3,(H2,20,22,27)/b21-16+. The van der Waals surface area contributed by atoms with E-state index >= 15 is 0 Å². The molecule has 0 saturated carbocycles. The van der Waals surface area contributed by atoms with E-state index in [2.05, 4.69) is 15.8 Å². The summed E-state index contributed by atoms with van der Waals surface area (Å²) in [5.41, 5.74) is 3.61. The number of hydrogen-bond acceptors (Lipinski definition) is 7. The van der Waals surface area contributed by atoms with Gasteiger partial charge in [0.05, 0.1) is 20.2 Å². The number of carbonyl (C=O) groups excluding carboxylic acids is 2. The van der Waals surface area contributed by atoms with Crippen LogP contribution in [0.1, 0.15) is 13.3 Å². The summed E-state index contributed by atoms with van der Waals surface area (Å²) in [5.74, 6) is -0.472. The van der Waals surface area contributed by atoms with E-state index in [-0.39, 0.29) is 0 Å². The van der Waals surface area contributed by atoms with Crippen LogP contribution in [-0.4, -0.2) is 86.4 Å². The summed E-state index contributed by atoms with van der Waals surface area (Å²) < 4.78 is 11.1. The normalized spacial score (nSPS) is 12.3. The summed E-state index contributed by atoms with van der Waals surface area (Å²) in [4.78, 5) is 25.2. The van der Waals surface area contributed by atoms with Crippen LogP contribution in [0.25, 0.3) is 0 Å². The van der Waals surface area contributed by atoms with Crippen molar-refractivity contribution < 1.29 is 14.3 Å². The summed E-state index contributed by atoms with van der Waals surface area (Å²) in [6, 6.07) is 8.57. The SMILES string of the molecule is CC/C(=N\NC(=O)Nc1ccccc1)C(C(=O)OC)=P(N(C)C)(N(C)C)N(C)C. The lowest BCUT2D eigenvalue weighted by atomic mass is 10.2. The number of ether oxygens (including phenoxy) is 1. The van der Waals surface area contributed by atoms with Crippen LogP contribution in [0.2, 0.25) is 0 Å². The summed E-state index contributed by atoms with van der Waals surface area (Å²) in [6.07, 6.45) is 0.438. The molecule has 1 aromatic carbocycles. The van der Waals surface area contributed by atoms with E-state index in [1.54, 1.807) is 12.1 Å². The number of nitrogens with zero attached hydrogens (tertiary/aromatic N) is 4. The molecule has 2 N–H and O–H groups in total. The van der Waals surface area contributed by atoms with Gasteiger partial charge in [0.2, 0.25) is 0 Å². The summed E-state index contributed by atoms with van der Waals surface area (Å²) in [5, 5.41) is 7.42. The van der Waals surface area contributed by atoms with Crippen LogP contribution in [0.3, 0.4) is 0 Å². The zero-order chi connectivity index (χ0) is 22.2. The maximum Gasteiger partial charge on any atom is 0.343 e. The highest BCUT2D eigenvalue weighted by molar-refractivity contribution is 7.73. The predicted molar refractivity (Wildman–Crippen MR) is 121 cm³/mol. The first kappa shape index (κ1) is 24.8. The highest BCUT2D eigenvalue weighted by Crippen LogP contribution is 2.55. The van der Waals surface area contributed by atoms with E-state index in [9.17, 15) is 9.59 Å². The number of nitrogens with one attached hydrogen (secondary N) is 2. The fourth-order valence-corrected chi connectivity index (χ4v) is 7.52. The number of urea groups is 1. The molecular formula is C19H33N6O3P. The molecule has 0 aliphatic carbocycles. The number of hydrogen-bond donors (Lipinski definition) is 2. The highest BCUT2D eigenvalue weighted by atomic mass is 31.2. The minimum Gasteiger partial charge on any atom is -0.465 e. The predicted octanol–water partition coefficient (Wildman–Crippen LogP) is 2.37. The summed E-state index contributed by atoms with van der Waals surface area (Å²) in [7, 11) is 10.4. The third kappa shape index (κ3) is 5.67. The van der Waals surface area contributed by atoms with Crippen LogP contribution in [0.5, 0.6) is 0 Å². The molecule has 0 fully saturated rings. The Morgan fingerprint density at radius 1 is 1.00 bits per heavy atom. The maximum atomic E-state index is 12.9. The second kappa shape index (κ2) is 11.1. The number of benzene rings is 1. The summed E-state index contributed by atoms with van der Waals surface area (Å²) >= 11 is 0. The van der Waals surface area contributed by atoms with Crippen molar-refractivity contribution in [1.29, 1.82) is 0 Å². The largest absolute Gasteiger partial charge is 0.465 e. The quantitative estimate of drug-likeness (QED) is 0.288. The molecule has 0 unspecified atom stereocenters. The fourth-order valence-electron chi connectivity index (χ4n) is 3.28. The van der Waals surface area contributed by atoms with Crippen molar-refractivity contribution in [2.75, 3.05) is 54.7 Å². The Bertz CT molecular complexity index is 762. The Morgan fingerprint density at radius 2 is 1.52 bits per heavy atom. The number of carbonyl (C=O) groups is 2. The van der Waals surface area contributed by atoms with Crippen molar-refractivity contribution in [2.24, 2.45) is 5.10 Å².